The van der Waals surface area contributed by atoms with E-state index >= 15 is 0 Å². The maximum atomic E-state index is 11.8. The number of rotatable bonds is 8. The smallest absolute Gasteiger partial charge is 0.315 e. The molecule has 0 saturated carbocycles. The van der Waals surface area contributed by atoms with Crippen molar-refractivity contribution < 1.29 is 19.4 Å². The number of nitrogens with zero attached hydrogens (tertiary/aromatic N) is 1. The fraction of sp³-hybridized carbons (Fsp3) is 0.857. The Hall–Kier alpha value is -1.34. The van der Waals surface area contributed by atoms with E-state index in [1.54, 1.807) is 0 Å². The molecule has 122 valence electrons. The summed E-state index contributed by atoms with van der Waals surface area (Å²) in [5, 5.41) is 14.3. The highest BCUT2D eigenvalue weighted by atomic mass is 16.5. The van der Waals surface area contributed by atoms with Crippen molar-refractivity contribution in [2.75, 3.05) is 32.8 Å². The first kappa shape index (κ1) is 17.7. The number of hydrogen-bond acceptors (Lipinski definition) is 4. The number of ether oxygens (including phenoxy) is 1. The molecule has 2 atom stereocenters. The van der Waals surface area contributed by atoms with E-state index < -0.39 is 5.97 Å². The van der Waals surface area contributed by atoms with Crippen molar-refractivity contribution in [2.45, 2.75) is 45.2 Å². The van der Waals surface area contributed by atoms with Crippen LogP contribution >= 0.6 is 0 Å². The zero-order valence-corrected chi connectivity index (χ0v) is 12.9. The van der Waals surface area contributed by atoms with Gasteiger partial charge in [0, 0.05) is 38.1 Å². The van der Waals surface area contributed by atoms with Gasteiger partial charge in [0.2, 0.25) is 0 Å². The molecule has 1 rings (SSSR count). The molecule has 0 aromatic heterocycles. The monoisotopic (exact) mass is 301 g/mol. The van der Waals surface area contributed by atoms with E-state index in [1.165, 1.54) is 0 Å². The van der Waals surface area contributed by atoms with Crippen LogP contribution < -0.4 is 10.6 Å². The number of carboxylic acid groups (broad SMARTS) is 1. The molecule has 21 heavy (non-hydrogen) atoms. The average molecular weight is 301 g/mol. The highest BCUT2D eigenvalue weighted by Gasteiger charge is 2.16. The molecule has 0 aromatic rings. The number of morpholine rings is 1. The van der Waals surface area contributed by atoms with Crippen LogP contribution in [0.1, 0.15) is 33.1 Å². The van der Waals surface area contributed by atoms with Crippen molar-refractivity contribution in [2.24, 2.45) is 0 Å². The minimum atomic E-state index is -0.800. The molecule has 1 aliphatic heterocycles. The molecule has 1 heterocycles. The van der Waals surface area contributed by atoms with E-state index in [9.17, 15) is 9.59 Å². The number of urea groups is 1. The molecule has 1 saturated heterocycles. The van der Waals surface area contributed by atoms with Crippen LogP contribution in [-0.2, 0) is 9.53 Å². The van der Waals surface area contributed by atoms with E-state index in [4.69, 9.17) is 9.84 Å². The Morgan fingerprint density at radius 2 is 1.81 bits per heavy atom. The summed E-state index contributed by atoms with van der Waals surface area (Å²) in [5.74, 6) is -0.800. The van der Waals surface area contributed by atoms with Crippen molar-refractivity contribution >= 4 is 12.0 Å². The molecule has 2 unspecified atom stereocenters. The Balaban J connectivity index is 2.14. The highest BCUT2D eigenvalue weighted by Crippen LogP contribution is 2.01. The van der Waals surface area contributed by atoms with Crippen LogP contribution in [0.3, 0.4) is 0 Å². The molecule has 0 radical (unpaired) electrons. The molecule has 7 nitrogen and oxygen atoms in total. The van der Waals surface area contributed by atoms with E-state index in [2.05, 4.69) is 15.5 Å². The first-order valence-electron chi connectivity index (χ1n) is 7.56. The fourth-order valence-electron chi connectivity index (χ4n) is 2.34. The molecule has 0 bridgehead atoms. The van der Waals surface area contributed by atoms with Crippen molar-refractivity contribution in [3.63, 3.8) is 0 Å². The van der Waals surface area contributed by atoms with Gasteiger partial charge in [-0.3, -0.25) is 9.69 Å². The van der Waals surface area contributed by atoms with Gasteiger partial charge in [-0.2, -0.15) is 0 Å². The summed E-state index contributed by atoms with van der Waals surface area (Å²) in [4.78, 5) is 24.5. The predicted octanol–water partition coefficient (Wildman–Crippen LogP) is 0.650. The molecular formula is C14H27N3O4. The zero-order chi connectivity index (χ0) is 15.7. The zero-order valence-electron chi connectivity index (χ0n) is 12.9. The lowest BCUT2D eigenvalue weighted by atomic mass is 10.1. The quantitative estimate of drug-likeness (QED) is 0.612. The van der Waals surface area contributed by atoms with Crippen molar-refractivity contribution in [3.05, 3.63) is 0 Å². The van der Waals surface area contributed by atoms with E-state index in [1.807, 2.05) is 13.8 Å². The molecule has 1 aliphatic rings. The molecule has 2 amide bonds. The van der Waals surface area contributed by atoms with Gasteiger partial charge < -0.3 is 20.5 Å². The van der Waals surface area contributed by atoms with Gasteiger partial charge in [-0.15, -0.1) is 0 Å². The second-order valence-corrected chi connectivity index (χ2v) is 5.62. The number of amides is 2. The van der Waals surface area contributed by atoms with Crippen LogP contribution in [0.4, 0.5) is 4.79 Å². The summed E-state index contributed by atoms with van der Waals surface area (Å²) in [6, 6.07) is -0.159. The van der Waals surface area contributed by atoms with Crippen LogP contribution in [0.2, 0.25) is 0 Å². The van der Waals surface area contributed by atoms with Crippen LogP contribution in [0.25, 0.3) is 0 Å². The molecule has 1 fully saturated rings. The number of carbonyl (C=O) groups is 2. The average Bonchev–Trinajstić information content (AvgIpc) is 2.38. The lowest BCUT2D eigenvalue weighted by Gasteiger charge is -2.29. The van der Waals surface area contributed by atoms with Crippen LogP contribution in [0.15, 0.2) is 0 Å². The third-order valence-electron chi connectivity index (χ3n) is 3.42. The Morgan fingerprint density at radius 3 is 2.43 bits per heavy atom. The van der Waals surface area contributed by atoms with Gasteiger partial charge in [-0.05, 0) is 26.7 Å². The fourth-order valence-corrected chi connectivity index (χ4v) is 2.34. The summed E-state index contributed by atoms with van der Waals surface area (Å²) < 4.78 is 5.29. The van der Waals surface area contributed by atoms with Gasteiger partial charge in [0.1, 0.15) is 0 Å². The summed E-state index contributed by atoms with van der Waals surface area (Å²) in [7, 11) is 0. The lowest BCUT2D eigenvalue weighted by molar-refractivity contribution is -0.137. The summed E-state index contributed by atoms with van der Waals surface area (Å²) in [5.41, 5.74) is 0. The molecular weight excluding hydrogens is 274 g/mol. The Bertz CT molecular complexity index is 332. The Labute approximate surface area is 126 Å². The largest absolute Gasteiger partial charge is 0.481 e. The summed E-state index contributed by atoms with van der Waals surface area (Å²) >= 11 is 0. The minimum absolute atomic E-state index is 0.0278. The van der Waals surface area contributed by atoms with Gasteiger partial charge in [0.25, 0.3) is 0 Å². The third-order valence-corrected chi connectivity index (χ3v) is 3.42. The Kier molecular flexibility index (Phi) is 8.07. The molecule has 0 aliphatic carbocycles. The third kappa shape index (κ3) is 8.52. The number of aliphatic carboxylic acids is 1. The highest BCUT2D eigenvalue weighted by molar-refractivity contribution is 5.74. The number of nitrogens with one attached hydrogen (secondary N) is 2. The first-order valence-corrected chi connectivity index (χ1v) is 7.56. The first-order chi connectivity index (χ1) is 9.97. The molecule has 3 N–H and O–H groups in total. The number of hydrogen-bond donors (Lipinski definition) is 3. The van der Waals surface area contributed by atoms with Gasteiger partial charge in [0.15, 0.2) is 0 Å². The maximum Gasteiger partial charge on any atom is 0.315 e. The van der Waals surface area contributed by atoms with Crippen molar-refractivity contribution in [3.8, 4) is 0 Å². The molecule has 7 heteroatoms. The van der Waals surface area contributed by atoms with Crippen LogP contribution in [0, 0.1) is 0 Å². The standard InChI is InChI=1S/C14H27N3O4/c1-11(4-3-5-13(18)19)15-14(20)16-12(2)10-17-6-8-21-9-7-17/h11-12H,3-10H2,1-2H3,(H,18,19)(H2,15,16,20). The SMILES string of the molecule is CC(CCCC(=O)O)NC(=O)NC(C)CN1CCOCC1. The van der Waals surface area contributed by atoms with Crippen molar-refractivity contribution in [1.29, 1.82) is 0 Å². The second-order valence-electron chi connectivity index (χ2n) is 5.62. The minimum Gasteiger partial charge on any atom is -0.481 e. The molecule has 0 spiro atoms. The number of carboxylic acids is 1. The summed E-state index contributed by atoms with van der Waals surface area (Å²) in [6.07, 6.45) is 1.37. The second kappa shape index (κ2) is 9.57. The van der Waals surface area contributed by atoms with E-state index in [0.717, 1.165) is 32.8 Å². The lowest BCUT2D eigenvalue weighted by Crippen LogP contribution is -2.50. The van der Waals surface area contributed by atoms with Crippen molar-refractivity contribution in [1.82, 2.24) is 15.5 Å². The van der Waals surface area contributed by atoms with Gasteiger partial charge in [-0.1, -0.05) is 0 Å². The van der Waals surface area contributed by atoms with E-state index in [-0.39, 0.29) is 24.5 Å². The van der Waals surface area contributed by atoms with Gasteiger partial charge in [-0.25, -0.2) is 4.79 Å². The maximum absolute atomic E-state index is 11.8. The van der Waals surface area contributed by atoms with E-state index in [0.29, 0.717) is 12.8 Å². The van der Waals surface area contributed by atoms with Gasteiger partial charge in [0.05, 0.1) is 13.2 Å². The van der Waals surface area contributed by atoms with Crippen LogP contribution in [0.5, 0.6) is 0 Å². The van der Waals surface area contributed by atoms with Gasteiger partial charge >= 0.3 is 12.0 Å². The number of carbonyl (C=O) groups excluding carboxylic acids is 1. The van der Waals surface area contributed by atoms with Crippen LogP contribution in [-0.4, -0.2) is 66.9 Å². The summed E-state index contributed by atoms with van der Waals surface area (Å²) in [6.45, 7) is 7.97. The Morgan fingerprint density at radius 1 is 1.19 bits per heavy atom. The topological polar surface area (TPSA) is 90.9 Å². The normalized spacial score (nSPS) is 18.8. The predicted molar refractivity (Wildman–Crippen MR) is 79.3 cm³/mol. The molecule has 0 aromatic carbocycles.